The number of amides is 2. The van der Waals surface area contributed by atoms with E-state index in [1.807, 2.05) is 30.3 Å². The Morgan fingerprint density at radius 3 is 2.23 bits per heavy atom. The molecule has 0 bridgehead atoms. The molecule has 0 unspecified atom stereocenters. The molecule has 4 rings (SSSR count). The van der Waals surface area contributed by atoms with E-state index in [1.54, 1.807) is 35.6 Å². The predicted molar refractivity (Wildman–Crippen MR) is 83.6 cm³/mol. The molecule has 3 aromatic rings. The number of carbonyl (C=O) groups is 2. The van der Waals surface area contributed by atoms with Gasteiger partial charge in [-0.15, -0.1) is 16.4 Å². The number of hydrogen-bond acceptors (Lipinski definition) is 4. The molecule has 22 heavy (non-hydrogen) atoms. The number of benzene rings is 2. The molecule has 0 fully saturated rings. The van der Waals surface area contributed by atoms with Gasteiger partial charge in [-0.05, 0) is 29.7 Å². The van der Waals surface area contributed by atoms with E-state index in [4.69, 9.17) is 4.84 Å². The first-order valence-corrected chi connectivity index (χ1v) is 7.64. The van der Waals surface area contributed by atoms with E-state index in [9.17, 15) is 9.59 Å². The van der Waals surface area contributed by atoms with E-state index in [2.05, 4.69) is 0 Å². The maximum absolute atomic E-state index is 12.2. The predicted octanol–water partition coefficient (Wildman–Crippen LogP) is 3.63. The molecule has 0 aliphatic carbocycles. The van der Waals surface area contributed by atoms with E-state index < -0.39 is 11.8 Å². The van der Waals surface area contributed by atoms with Gasteiger partial charge in [0, 0.05) is 9.58 Å². The molecule has 2 heterocycles. The van der Waals surface area contributed by atoms with Crippen LogP contribution in [-0.2, 0) is 11.4 Å². The molecule has 1 aromatic heterocycles. The number of imide groups is 1. The lowest BCUT2D eigenvalue weighted by atomic mass is 10.1. The molecule has 0 atom stereocenters. The summed E-state index contributed by atoms with van der Waals surface area (Å²) >= 11 is 1.59. The van der Waals surface area contributed by atoms with E-state index in [0.717, 1.165) is 20.0 Å². The van der Waals surface area contributed by atoms with E-state index in [0.29, 0.717) is 11.1 Å². The van der Waals surface area contributed by atoms with Crippen molar-refractivity contribution in [1.82, 2.24) is 5.06 Å². The number of rotatable bonds is 3. The number of nitrogens with zero attached hydrogens (tertiary/aromatic N) is 1. The highest BCUT2D eigenvalue weighted by Gasteiger charge is 2.36. The highest BCUT2D eigenvalue weighted by atomic mass is 32.1. The molecule has 1 aliphatic heterocycles. The lowest BCUT2D eigenvalue weighted by molar-refractivity contribution is -0.0997. The summed E-state index contributed by atoms with van der Waals surface area (Å²) in [5.41, 5.74) is 0.785. The molecule has 2 aromatic carbocycles. The zero-order chi connectivity index (χ0) is 15.1. The summed E-state index contributed by atoms with van der Waals surface area (Å²) in [5, 5.41) is 1.99. The van der Waals surface area contributed by atoms with Gasteiger partial charge in [0.2, 0.25) is 0 Å². The van der Waals surface area contributed by atoms with Crippen LogP contribution in [0.3, 0.4) is 0 Å². The smallest absolute Gasteiger partial charge is 0.266 e. The summed E-state index contributed by atoms with van der Waals surface area (Å²) in [6.07, 6.45) is 0. The van der Waals surface area contributed by atoms with Gasteiger partial charge in [-0.1, -0.05) is 30.3 Å². The molecule has 2 amide bonds. The van der Waals surface area contributed by atoms with E-state index in [1.165, 1.54) is 0 Å². The number of hydrogen-bond donors (Lipinski definition) is 0. The quantitative estimate of drug-likeness (QED) is 0.694. The summed E-state index contributed by atoms with van der Waals surface area (Å²) < 4.78 is 1.16. The molecule has 1 aliphatic rings. The monoisotopic (exact) mass is 309 g/mol. The van der Waals surface area contributed by atoms with Crippen molar-refractivity contribution in [3.8, 4) is 0 Å². The Labute approximate surface area is 130 Å². The Hall–Kier alpha value is -2.50. The highest BCUT2D eigenvalue weighted by molar-refractivity contribution is 7.19. The minimum Gasteiger partial charge on any atom is -0.266 e. The molecule has 108 valence electrons. The summed E-state index contributed by atoms with van der Waals surface area (Å²) in [6, 6.07) is 16.8. The summed E-state index contributed by atoms with van der Waals surface area (Å²) in [4.78, 5) is 30.8. The zero-order valence-electron chi connectivity index (χ0n) is 11.5. The molecule has 4 nitrogen and oxygen atoms in total. The van der Waals surface area contributed by atoms with Crippen molar-refractivity contribution in [3.05, 3.63) is 70.6 Å². The minimum atomic E-state index is -0.401. The van der Waals surface area contributed by atoms with Crippen molar-refractivity contribution in [2.45, 2.75) is 6.61 Å². The summed E-state index contributed by atoms with van der Waals surface area (Å²) in [7, 11) is 0. The second kappa shape index (κ2) is 5.05. The standard InChI is InChI=1S/C17H11NO3S/c19-16-13-6-2-3-7-14(13)17(20)18(16)21-10-12-9-11-5-1-4-8-15(11)22-12/h1-9H,10H2. The van der Waals surface area contributed by atoms with Gasteiger partial charge in [-0.2, -0.15) is 0 Å². The number of carbonyl (C=O) groups excluding carboxylic acids is 2. The molecule has 0 saturated carbocycles. The third kappa shape index (κ3) is 2.03. The average molecular weight is 309 g/mol. The molecule has 0 saturated heterocycles. The van der Waals surface area contributed by atoms with Crippen molar-refractivity contribution >= 4 is 33.2 Å². The minimum absolute atomic E-state index is 0.199. The molecular formula is C17H11NO3S. The van der Waals surface area contributed by atoms with Gasteiger partial charge in [0.25, 0.3) is 11.8 Å². The summed E-state index contributed by atoms with van der Waals surface area (Å²) in [5.74, 6) is -0.802. The maximum atomic E-state index is 12.2. The van der Waals surface area contributed by atoms with E-state index in [-0.39, 0.29) is 6.61 Å². The molecular weight excluding hydrogens is 298 g/mol. The SMILES string of the molecule is O=C1c2ccccc2C(=O)N1OCc1cc2ccccc2s1. The number of hydroxylamine groups is 2. The van der Waals surface area contributed by atoms with Gasteiger partial charge in [0.1, 0.15) is 6.61 Å². The second-order valence-electron chi connectivity index (χ2n) is 4.97. The Kier molecular flexibility index (Phi) is 3.03. The average Bonchev–Trinajstić information content (AvgIpc) is 3.06. The van der Waals surface area contributed by atoms with Gasteiger partial charge >= 0.3 is 0 Å². The fourth-order valence-corrected chi connectivity index (χ4v) is 3.49. The van der Waals surface area contributed by atoms with Gasteiger partial charge in [-0.3, -0.25) is 14.4 Å². The Morgan fingerprint density at radius 1 is 0.909 bits per heavy atom. The summed E-state index contributed by atoms with van der Waals surface area (Å²) in [6.45, 7) is 0.199. The first-order valence-electron chi connectivity index (χ1n) is 6.82. The first-order chi connectivity index (χ1) is 10.7. The third-order valence-corrected chi connectivity index (χ3v) is 4.66. The molecule has 0 spiro atoms. The van der Waals surface area contributed by atoms with Crippen molar-refractivity contribution in [3.63, 3.8) is 0 Å². The fraction of sp³-hybridized carbons (Fsp3) is 0.0588. The Morgan fingerprint density at radius 2 is 1.55 bits per heavy atom. The van der Waals surface area contributed by atoms with Gasteiger partial charge in [0.15, 0.2) is 0 Å². The molecule has 0 N–H and O–H groups in total. The van der Waals surface area contributed by atoms with Crippen molar-refractivity contribution in [2.24, 2.45) is 0 Å². The topological polar surface area (TPSA) is 46.6 Å². The van der Waals surface area contributed by atoms with Crippen LogP contribution < -0.4 is 0 Å². The van der Waals surface area contributed by atoms with Crippen LogP contribution >= 0.6 is 11.3 Å². The van der Waals surface area contributed by atoms with Crippen molar-refractivity contribution in [1.29, 1.82) is 0 Å². The largest absolute Gasteiger partial charge is 0.285 e. The van der Waals surface area contributed by atoms with Gasteiger partial charge in [-0.25, -0.2) is 0 Å². The highest BCUT2D eigenvalue weighted by Crippen LogP contribution is 2.28. The van der Waals surface area contributed by atoms with Crippen LogP contribution in [0.5, 0.6) is 0 Å². The van der Waals surface area contributed by atoms with Crippen LogP contribution in [0.2, 0.25) is 0 Å². The Balaban J connectivity index is 1.55. The van der Waals surface area contributed by atoms with Crippen LogP contribution in [0.25, 0.3) is 10.1 Å². The first kappa shape index (κ1) is 13.2. The van der Waals surface area contributed by atoms with Crippen LogP contribution in [0, 0.1) is 0 Å². The molecule has 0 radical (unpaired) electrons. The van der Waals surface area contributed by atoms with Crippen molar-refractivity contribution in [2.75, 3.05) is 0 Å². The van der Waals surface area contributed by atoms with Crippen LogP contribution in [0.15, 0.2) is 54.6 Å². The normalized spacial score (nSPS) is 13.9. The van der Waals surface area contributed by atoms with E-state index >= 15 is 0 Å². The number of thiophene rings is 1. The van der Waals surface area contributed by atoms with Gasteiger partial charge < -0.3 is 0 Å². The third-order valence-electron chi connectivity index (χ3n) is 3.57. The zero-order valence-corrected chi connectivity index (χ0v) is 12.3. The fourth-order valence-electron chi connectivity index (χ4n) is 2.52. The van der Waals surface area contributed by atoms with Crippen LogP contribution in [0.1, 0.15) is 25.6 Å². The Bertz CT molecular complexity index is 832. The lowest BCUT2D eigenvalue weighted by Gasteiger charge is -2.12. The lowest BCUT2D eigenvalue weighted by Crippen LogP contribution is -2.29. The van der Waals surface area contributed by atoms with Crippen LogP contribution in [0.4, 0.5) is 0 Å². The van der Waals surface area contributed by atoms with Crippen molar-refractivity contribution < 1.29 is 14.4 Å². The molecule has 5 heteroatoms. The maximum Gasteiger partial charge on any atom is 0.285 e. The second-order valence-corrected chi connectivity index (χ2v) is 6.14. The van der Waals surface area contributed by atoms with Crippen LogP contribution in [-0.4, -0.2) is 16.9 Å². The number of fused-ring (bicyclic) bond motifs is 2. The van der Waals surface area contributed by atoms with Gasteiger partial charge in [0.05, 0.1) is 11.1 Å².